The fourth-order valence-corrected chi connectivity index (χ4v) is 1.60. The second-order valence-electron chi connectivity index (χ2n) is 3.88. The van der Waals surface area contributed by atoms with Crippen LogP contribution in [0.1, 0.15) is 17.5 Å². The number of aryl methyl sites for hydroxylation is 2. The molecule has 1 rings (SSSR count). The molecule has 17 heavy (non-hydrogen) atoms. The molecule has 0 heterocycles. The summed E-state index contributed by atoms with van der Waals surface area (Å²) in [6, 6.07) is 5.83. The van der Waals surface area contributed by atoms with Crippen LogP contribution in [-0.2, 0) is 11.2 Å². The molecular formula is C13H15Cl2NO. The highest BCUT2D eigenvalue weighted by molar-refractivity contribution is 6.31. The van der Waals surface area contributed by atoms with E-state index < -0.39 is 0 Å². The molecule has 0 bridgehead atoms. The van der Waals surface area contributed by atoms with E-state index in [2.05, 4.69) is 11.9 Å². The number of benzene rings is 1. The Morgan fingerprint density at radius 2 is 2.18 bits per heavy atom. The zero-order valence-electron chi connectivity index (χ0n) is 9.72. The van der Waals surface area contributed by atoms with E-state index in [-0.39, 0.29) is 5.91 Å². The van der Waals surface area contributed by atoms with Gasteiger partial charge in [-0.25, -0.2) is 0 Å². The summed E-state index contributed by atoms with van der Waals surface area (Å²) in [5, 5.41) is 3.84. The highest BCUT2D eigenvalue weighted by Crippen LogP contribution is 2.17. The Morgan fingerprint density at radius 3 is 2.76 bits per heavy atom. The van der Waals surface area contributed by atoms with E-state index >= 15 is 0 Å². The molecule has 4 heteroatoms. The smallest absolute Gasteiger partial charge is 0.220 e. The zero-order valence-corrected chi connectivity index (χ0v) is 11.2. The van der Waals surface area contributed by atoms with Gasteiger partial charge in [-0.15, -0.1) is 0 Å². The van der Waals surface area contributed by atoms with Gasteiger partial charge in [0.2, 0.25) is 5.91 Å². The number of nitrogens with one attached hydrogen (secondary N) is 1. The Morgan fingerprint density at radius 1 is 1.47 bits per heavy atom. The molecule has 0 fully saturated rings. The van der Waals surface area contributed by atoms with Crippen LogP contribution in [0.15, 0.2) is 29.8 Å². The average molecular weight is 272 g/mol. The molecular weight excluding hydrogens is 257 g/mol. The van der Waals surface area contributed by atoms with Gasteiger partial charge >= 0.3 is 0 Å². The summed E-state index contributed by atoms with van der Waals surface area (Å²) < 4.78 is 0. The van der Waals surface area contributed by atoms with Crippen LogP contribution in [0.4, 0.5) is 0 Å². The lowest BCUT2D eigenvalue weighted by atomic mass is 10.1. The van der Waals surface area contributed by atoms with Crippen molar-refractivity contribution in [3.8, 4) is 0 Å². The molecule has 0 aromatic heterocycles. The largest absolute Gasteiger partial charge is 0.351 e. The fraction of sp³-hybridized carbons (Fsp3) is 0.308. The van der Waals surface area contributed by atoms with Crippen LogP contribution in [0.25, 0.3) is 0 Å². The van der Waals surface area contributed by atoms with Crippen molar-refractivity contribution in [2.24, 2.45) is 0 Å². The van der Waals surface area contributed by atoms with E-state index in [9.17, 15) is 4.79 Å². The molecule has 92 valence electrons. The molecule has 0 saturated carbocycles. The third kappa shape index (κ3) is 5.24. The summed E-state index contributed by atoms with van der Waals surface area (Å²) in [5.74, 6) is -0.0384. The Hall–Kier alpha value is -0.990. The summed E-state index contributed by atoms with van der Waals surface area (Å²) >= 11 is 11.6. The summed E-state index contributed by atoms with van der Waals surface area (Å²) in [5.41, 5.74) is 2.10. The summed E-state index contributed by atoms with van der Waals surface area (Å²) in [4.78, 5) is 11.4. The topological polar surface area (TPSA) is 29.1 Å². The minimum absolute atomic E-state index is 0.0384. The highest BCUT2D eigenvalue weighted by atomic mass is 35.5. The van der Waals surface area contributed by atoms with Gasteiger partial charge in [-0.1, -0.05) is 41.9 Å². The van der Waals surface area contributed by atoms with E-state index in [1.165, 1.54) is 0 Å². The summed E-state index contributed by atoms with van der Waals surface area (Å²) in [6.45, 7) is 5.76. The lowest BCUT2D eigenvalue weighted by Gasteiger charge is -2.05. The van der Waals surface area contributed by atoms with E-state index in [1.54, 1.807) is 0 Å². The number of amides is 1. The maximum atomic E-state index is 11.4. The standard InChI is InChI=1S/C13H15Cl2NO/c1-9-3-4-11(7-12(9)15)5-6-13(17)16-8-10(2)14/h3-4,7H,2,5-6,8H2,1H3,(H,16,17). The summed E-state index contributed by atoms with van der Waals surface area (Å²) in [6.07, 6.45) is 1.09. The number of hydrogen-bond donors (Lipinski definition) is 1. The predicted octanol–water partition coefficient (Wildman–Crippen LogP) is 3.45. The lowest BCUT2D eigenvalue weighted by molar-refractivity contribution is -0.120. The second-order valence-corrected chi connectivity index (χ2v) is 4.82. The van der Waals surface area contributed by atoms with E-state index in [0.29, 0.717) is 24.4 Å². The molecule has 0 spiro atoms. The Bertz CT molecular complexity index is 429. The molecule has 1 N–H and O–H groups in total. The molecule has 0 atom stereocenters. The Balaban J connectivity index is 2.42. The van der Waals surface area contributed by atoms with Crippen molar-refractivity contribution in [1.29, 1.82) is 0 Å². The summed E-state index contributed by atoms with van der Waals surface area (Å²) in [7, 11) is 0. The van der Waals surface area contributed by atoms with Crippen LogP contribution < -0.4 is 5.32 Å². The fourth-order valence-electron chi connectivity index (χ4n) is 1.33. The van der Waals surface area contributed by atoms with Crippen molar-refractivity contribution in [3.05, 3.63) is 46.0 Å². The Labute approximate surface area is 112 Å². The van der Waals surface area contributed by atoms with E-state index in [0.717, 1.165) is 16.1 Å². The maximum Gasteiger partial charge on any atom is 0.220 e. The minimum Gasteiger partial charge on any atom is -0.351 e. The van der Waals surface area contributed by atoms with Gasteiger partial charge in [0.05, 0.1) is 6.54 Å². The first-order valence-electron chi connectivity index (χ1n) is 5.34. The van der Waals surface area contributed by atoms with Crippen LogP contribution in [0.5, 0.6) is 0 Å². The number of carbonyl (C=O) groups is 1. The highest BCUT2D eigenvalue weighted by Gasteiger charge is 2.03. The van der Waals surface area contributed by atoms with E-state index in [4.69, 9.17) is 23.2 Å². The van der Waals surface area contributed by atoms with Crippen LogP contribution in [-0.4, -0.2) is 12.5 Å². The van der Waals surface area contributed by atoms with Crippen molar-refractivity contribution in [3.63, 3.8) is 0 Å². The van der Waals surface area contributed by atoms with Gasteiger partial charge in [0, 0.05) is 16.5 Å². The first kappa shape index (κ1) is 14.1. The van der Waals surface area contributed by atoms with Crippen LogP contribution in [0.3, 0.4) is 0 Å². The number of carbonyl (C=O) groups excluding carboxylic acids is 1. The van der Waals surface area contributed by atoms with Gasteiger partial charge in [-0.2, -0.15) is 0 Å². The number of rotatable bonds is 5. The third-order valence-electron chi connectivity index (χ3n) is 2.35. The first-order valence-corrected chi connectivity index (χ1v) is 6.09. The molecule has 0 aliphatic rings. The molecule has 0 saturated heterocycles. The lowest BCUT2D eigenvalue weighted by Crippen LogP contribution is -2.24. The van der Waals surface area contributed by atoms with Crippen LogP contribution in [0, 0.1) is 6.92 Å². The Kier molecular flexibility index (Phi) is 5.52. The first-order chi connectivity index (χ1) is 7.99. The predicted molar refractivity (Wildman–Crippen MR) is 72.5 cm³/mol. The number of halogens is 2. The molecule has 1 aromatic rings. The second kappa shape index (κ2) is 6.67. The van der Waals surface area contributed by atoms with Gasteiger partial charge in [-0.3, -0.25) is 4.79 Å². The zero-order chi connectivity index (χ0) is 12.8. The monoisotopic (exact) mass is 271 g/mol. The van der Waals surface area contributed by atoms with Gasteiger partial charge in [0.1, 0.15) is 0 Å². The number of hydrogen-bond acceptors (Lipinski definition) is 1. The molecule has 2 nitrogen and oxygen atoms in total. The van der Waals surface area contributed by atoms with Gasteiger partial charge < -0.3 is 5.32 Å². The van der Waals surface area contributed by atoms with Crippen molar-refractivity contribution < 1.29 is 4.79 Å². The molecule has 0 radical (unpaired) electrons. The molecule has 1 amide bonds. The molecule has 0 aliphatic carbocycles. The van der Waals surface area contributed by atoms with Crippen molar-refractivity contribution in [2.45, 2.75) is 19.8 Å². The molecule has 0 unspecified atom stereocenters. The molecule has 0 aliphatic heterocycles. The maximum absolute atomic E-state index is 11.4. The van der Waals surface area contributed by atoms with Gasteiger partial charge in [0.25, 0.3) is 0 Å². The SMILES string of the molecule is C=C(Cl)CNC(=O)CCc1ccc(C)c(Cl)c1. The van der Waals surface area contributed by atoms with Crippen molar-refractivity contribution in [2.75, 3.05) is 6.54 Å². The van der Waals surface area contributed by atoms with E-state index in [1.807, 2.05) is 25.1 Å². The van der Waals surface area contributed by atoms with Crippen LogP contribution in [0.2, 0.25) is 5.02 Å². The normalized spacial score (nSPS) is 10.1. The molecule has 1 aromatic carbocycles. The van der Waals surface area contributed by atoms with Gasteiger partial charge in [-0.05, 0) is 30.5 Å². The minimum atomic E-state index is -0.0384. The quantitative estimate of drug-likeness (QED) is 0.873. The van der Waals surface area contributed by atoms with Crippen LogP contribution >= 0.6 is 23.2 Å². The average Bonchev–Trinajstić information content (AvgIpc) is 2.28. The van der Waals surface area contributed by atoms with Crippen molar-refractivity contribution >= 4 is 29.1 Å². The third-order valence-corrected chi connectivity index (χ3v) is 2.90. The van der Waals surface area contributed by atoms with Crippen molar-refractivity contribution in [1.82, 2.24) is 5.32 Å². The van der Waals surface area contributed by atoms with Gasteiger partial charge in [0.15, 0.2) is 0 Å².